The highest BCUT2D eigenvalue weighted by molar-refractivity contribution is 6.46. The molecule has 3 rings (SSSR count). The fourth-order valence-electron chi connectivity index (χ4n) is 3.51. The van der Waals surface area contributed by atoms with E-state index < -0.39 is 17.7 Å². The van der Waals surface area contributed by atoms with E-state index in [0.29, 0.717) is 12.1 Å². The number of Topliss-reactive ketones (excluding diaryl/α,β-unsaturated/α-hetero) is 1. The zero-order valence-corrected chi connectivity index (χ0v) is 16.6. The van der Waals surface area contributed by atoms with E-state index in [1.54, 1.807) is 29.2 Å². The monoisotopic (exact) mass is 378 g/mol. The maximum Gasteiger partial charge on any atom is 0.295 e. The number of aryl methyl sites for hydroxylation is 1. The zero-order valence-electron chi connectivity index (χ0n) is 16.6. The molecule has 0 aliphatic carbocycles. The van der Waals surface area contributed by atoms with Crippen molar-refractivity contribution in [1.82, 2.24) is 9.80 Å². The number of aliphatic hydroxyl groups excluding tert-OH is 1. The molecule has 146 valence electrons. The Bertz CT molecular complexity index is 886. The fraction of sp³-hybridized carbons (Fsp3) is 0.304. The molecule has 1 N–H and O–H groups in total. The average molecular weight is 378 g/mol. The molecule has 1 fully saturated rings. The van der Waals surface area contributed by atoms with Crippen LogP contribution in [0.1, 0.15) is 29.2 Å². The van der Waals surface area contributed by atoms with Gasteiger partial charge in [0, 0.05) is 12.1 Å². The van der Waals surface area contributed by atoms with Gasteiger partial charge in [0.1, 0.15) is 5.76 Å². The number of hydrogen-bond acceptors (Lipinski definition) is 4. The number of ketones is 1. The number of benzene rings is 2. The lowest BCUT2D eigenvalue weighted by Crippen LogP contribution is -2.32. The molecule has 0 saturated carbocycles. The summed E-state index contributed by atoms with van der Waals surface area (Å²) in [4.78, 5) is 29.3. The summed E-state index contributed by atoms with van der Waals surface area (Å²) in [6, 6.07) is 16.1. The van der Waals surface area contributed by atoms with Gasteiger partial charge in [-0.15, -0.1) is 0 Å². The Morgan fingerprint density at radius 2 is 1.68 bits per heavy atom. The number of carbonyl (C=O) groups is 2. The smallest absolute Gasteiger partial charge is 0.295 e. The molecule has 1 atom stereocenters. The summed E-state index contributed by atoms with van der Waals surface area (Å²) in [5.74, 6) is -1.31. The van der Waals surface area contributed by atoms with E-state index in [2.05, 4.69) is 0 Å². The standard InChI is InChI=1S/C23H26N2O3/c1-16-10-12-17(13-11-16)20-19(21(26)18-8-5-4-6-9-18)22(27)23(28)25(20)15-7-14-24(2)3/h4-6,8-13,20,26H,7,14-15H2,1-3H3/b21-19+/t20-/m1/s1. The molecule has 1 saturated heterocycles. The van der Waals surface area contributed by atoms with Gasteiger partial charge in [0.25, 0.3) is 11.7 Å². The van der Waals surface area contributed by atoms with Gasteiger partial charge in [0.15, 0.2) is 0 Å². The van der Waals surface area contributed by atoms with E-state index in [4.69, 9.17) is 0 Å². The third-order valence-electron chi connectivity index (χ3n) is 4.98. The Morgan fingerprint density at radius 3 is 2.29 bits per heavy atom. The lowest BCUT2D eigenvalue weighted by atomic mass is 9.94. The summed E-state index contributed by atoms with van der Waals surface area (Å²) >= 11 is 0. The van der Waals surface area contributed by atoms with Crippen LogP contribution in [0.4, 0.5) is 0 Å². The maximum absolute atomic E-state index is 12.9. The first-order valence-corrected chi connectivity index (χ1v) is 9.45. The average Bonchev–Trinajstić information content (AvgIpc) is 2.93. The van der Waals surface area contributed by atoms with E-state index in [-0.39, 0.29) is 11.3 Å². The maximum atomic E-state index is 12.9. The Kier molecular flexibility index (Phi) is 5.95. The first-order valence-electron chi connectivity index (χ1n) is 9.45. The van der Waals surface area contributed by atoms with Gasteiger partial charge < -0.3 is 14.9 Å². The largest absolute Gasteiger partial charge is 0.507 e. The minimum atomic E-state index is -0.628. The highest BCUT2D eigenvalue weighted by Gasteiger charge is 2.45. The zero-order chi connectivity index (χ0) is 20.3. The second kappa shape index (κ2) is 8.40. The summed E-state index contributed by atoms with van der Waals surface area (Å²) in [6.07, 6.45) is 0.744. The Balaban J connectivity index is 2.07. The first kappa shape index (κ1) is 19.8. The summed E-state index contributed by atoms with van der Waals surface area (Å²) in [5.41, 5.74) is 2.61. The van der Waals surface area contributed by atoms with Gasteiger partial charge in [-0.1, -0.05) is 60.2 Å². The van der Waals surface area contributed by atoms with E-state index in [9.17, 15) is 14.7 Å². The topological polar surface area (TPSA) is 60.9 Å². The van der Waals surface area contributed by atoms with Crippen molar-refractivity contribution < 1.29 is 14.7 Å². The molecule has 0 aromatic heterocycles. The number of hydrogen-bond donors (Lipinski definition) is 1. The number of likely N-dealkylation sites (tertiary alicyclic amines) is 1. The van der Waals surface area contributed by atoms with Gasteiger partial charge in [0.05, 0.1) is 11.6 Å². The molecule has 5 heteroatoms. The van der Waals surface area contributed by atoms with Gasteiger partial charge in [-0.2, -0.15) is 0 Å². The predicted molar refractivity (Wildman–Crippen MR) is 110 cm³/mol. The molecule has 0 unspecified atom stereocenters. The highest BCUT2D eigenvalue weighted by Crippen LogP contribution is 2.39. The van der Waals surface area contributed by atoms with Crippen LogP contribution in [0.15, 0.2) is 60.2 Å². The van der Waals surface area contributed by atoms with Crippen LogP contribution in [0.2, 0.25) is 0 Å². The molecule has 0 spiro atoms. The van der Waals surface area contributed by atoms with Crippen molar-refractivity contribution in [3.05, 3.63) is 76.9 Å². The molecular weight excluding hydrogens is 352 g/mol. The minimum Gasteiger partial charge on any atom is -0.507 e. The van der Waals surface area contributed by atoms with Crippen LogP contribution in [-0.2, 0) is 9.59 Å². The van der Waals surface area contributed by atoms with Crippen molar-refractivity contribution in [1.29, 1.82) is 0 Å². The van der Waals surface area contributed by atoms with Crippen molar-refractivity contribution >= 4 is 17.4 Å². The van der Waals surface area contributed by atoms with Crippen LogP contribution in [0.3, 0.4) is 0 Å². The second-order valence-electron chi connectivity index (χ2n) is 7.43. The normalized spacial score (nSPS) is 18.9. The van der Waals surface area contributed by atoms with Crippen molar-refractivity contribution in [2.45, 2.75) is 19.4 Å². The number of nitrogens with zero attached hydrogens (tertiary/aromatic N) is 2. The lowest BCUT2D eigenvalue weighted by Gasteiger charge is -2.26. The number of amides is 1. The van der Waals surface area contributed by atoms with Crippen molar-refractivity contribution in [3.63, 3.8) is 0 Å². The summed E-state index contributed by atoms with van der Waals surface area (Å²) in [5, 5.41) is 10.9. The van der Waals surface area contributed by atoms with Gasteiger partial charge in [0.2, 0.25) is 0 Å². The van der Waals surface area contributed by atoms with Crippen LogP contribution in [-0.4, -0.2) is 53.8 Å². The van der Waals surface area contributed by atoms with Crippen LogP contribution in [0, 0.1) is 6.92 Å². The van der Waals surface area contributed by atoms with E-state index in [1.807, 2.05) is 56.3 Å². The van der Waals surface area contributed by atoms with Gasteiger partial charge in [-0.25, -0.2) is 0 Å². The predicted octanol–water partition coefficient (Wildman–Crippen LogP) is 3.37. The molecule has 5 nitrogen and oxygen atoms in total. The summed E-state index contributed by atoms with van der Waals surface area (Å²) in [6.45, 7) is 3.25. The van der Waals surface area contributed by atoms with Crippen molar-refractivity contribution in [2.75, 3.05) is 27.2 Å². The number of carbonyl (C=O) groups excluding carboxylic acids is 2. The molecule has 1 amide bonds. The third-order valence-corrected chi connectivity index (χ3v) is 4.98. The Morgan fingerprint density at radius 1 is 1.04 bits per heavy atom. The molecule has 1 heterocycles. The van der Waals surface area contributed by atoms with E-state index >= 15 is 0 Å². The van der Waals surface area contributed by atoms with E-state index in [1.165, 1.54) is 0 Å². The molecule has 1 aliphatic rings. The van der Waals surface area contributed by atoms with Gasteiger partial charge >= 0.3 is 0 Å². The molecule has 1 aliphatic heterocycles. The SMILES string of the molecule is Cc1ccc([C@@H]2/C(=C(\O)c3ccccc3)C(=O)C(=O)N2CCCN(C)C)cc1. The lowest BCUT2D eigenvalue weighted by molar-refractivity contribution is -0.139. The molecule has 2 aromatic carbocycles. The molecular formula is C23H26N2O3. The van der Waals surface area contributed by atoms with Crippen LogP contribution in [0.25, 0.3) is 5.76 Å². The number of aliphatic hydroxyl groups is 1. The van der Waals surface area contributed by atoms with E-state index in [0.717, 1.165) is 24.1 Å². The van der Waals surface area contributed by atoms with Crippen molar-refractivity contribution in [2.24, 2.45) is 0 Å². The summed E-state index contributed by atoms with van der Waals surface area (Å²) in [7, 11) is 3.95. The van der Waals surface area contributed by atoms with Crippen LogP contribution < -0.4 is 0 Å². The van der Waals surface area contributed by atoms with Crippen molar-refractivity contribution in [3.8, 4) is 0 Å². The highest BCUT2D eigenvalue weighted by atomic mass is 16.3. The Labute approximate surface area is 165 Å². The number of rotatable bonds is 6. The van der Waals surface area contributed by atoms with Crippen LogP contribution >= 0.6 is 0 Å². The first-order chi connectivity index (χ1) is 13.4. The Hall–Kier alpha value is -2.92. The third kappa shape index (κ3) is 3.99. The molecule has 28 heavy (non-hydrogen) atoms. The quantitative estimate of drug-likeness (QED) is 0.476. The van der Waals surface area contributed by atoms with Gasteiger partial charge in [-0.05, 0) is 39.5 Å². The van der Waals surface area contributed by atoms with Crippen LogP contribution in [0.5, 0.6) is 0 Å². The fourth-order valence-corrected chi connectivity index (χ4v) is 3.51. The molecule has 2 aromatic rings. The molecule has 0 bridgehead atoms. The minimum absolute atomic E-state index is 0.125. The summed E-state index contributed by atoms with van der Waals surface area (Å²) < 4.78 is 0. The van der Waals surface area contributed by atoms with Gasteiger partial charge in [-0.3, -0.25) is 9.59 Å². The second-order valence-corrected chi connectivity index (χ2v) is 7.43. The molecule has 0 radical (unpaired) electrons.